The molecule has 0 saturated heterocycles. The van der Waals surface area contributed by atoms with E-state index in [9.17, 15) is 43.2 Å². The van der Waals surface area contributed by atoms with Crippen molar-refractivity contribution in [3.05, 3.63) is 0 Å². The van der Waals surface area contributed by atoms with Crippen LogP contribution in [0.25, 0.3) is 0 Å². The predicted molar refractivity (Wildman–Crippen MR) is 400 cm³/mol. The third kappa shape index (κ3) is 72.4. The zero-order valence-electron chi connectivity index (χ0n) is 63.9. The van der Waals surface area contributed by atoms with Crippen LogP contribution in [-0.4, -0.2) is 96.7 Å². The molecular formula is C79H154O17P2. The molecule has 0 saturated carbocycles. The standard InChI is InChI=1S/C79H154O17P2/c1-6-9-12-15-18-21-24-27-28-29-30-31-34-40-45-50-55-60-65-79(84)96-75(69-90-77(82)63-58-53-48-43-39-35-32-33-36-41-46-51-56-61-72(4)5)71-94-98(87,88)92-67-73(80)66-91-97(85,86)93-70-74(95-78(83)64-59-54-49-44-38-26-23-20-17-14-11-8-3)68-89-76(81)62-57-52-47-42-37-25-22-19-16-13-10-7-2/h72-75,80H,6-71H2,1-5H3,(H,85,86)(H,87,88)/t73-,74+,75+/m0/s1. The summed E-state index contributed by atoms with van der Waals surface area (Å²) in [5.74, 6) is -1.32. The molecule has 0 aromatic heterocycles. The quantitative estimate of drug-likeness (QED) is 0.0222. The molecule has 17 nitrogen and oxygen atoms in total. The number of ether oxygens (including phenoxy) is 4. The Morgan fingerprint density at radius 2 is 0.469 bits per heavy atom. The summed E-state index contributed by atoms with van der Waals surface area (Å²) in [6, 6.07) is 0. The Kier molecular flexibility index (Phi) is 70.6. The minimum absolute atomic E-state index is 0.108. The van der Waals surface area contributed by atoms with E-state index in [1.807, 2.05) is 0 Å². The number of unbranched alkanes of at least 4 members (excludes halogenated alkanes) is 51. The molecule has 5 atom stereocenters. The van der Waals surface area contributed by atoms with Crippen molar-refractivity contribution in [1.82, 2.24) is 0 Å². The Bertz CT molecular complexity index is 1870. The predicted octanol–water partition coefficient (Wildman–Crippen LogP) is 23.6. The van der Waals surface area contributed by atoms with Crippen LogP contribution in [0.4, 0.5) is 0 Å². The highest BCUT2D eigenvalue weighted by atomic mass is 31.2. The van der Waals surface area contributed by atoms with E-state index in [2.05, 4.69) is 34.6 Å². The van der Waals surface area contributed by atoms with Crippen LogP contribution in [0.5, 0.6) is 0 Å². The second kappa shape index (κ2) is 72.0. The summed E-state index contributed by atoms with van der Waals surface area (Å²) in [6.07, 6.45) is 62.3. The Morgan fingerprint density at radius 1 is 0.276 bits per heavy atom. The molecule has 0 amide bonds. The first-order valence-corrected chi connectivity index (χ1v) is 44.1. The van der Waals surface area contributed by atoms with Gasteiger partial charge in [0, 0.05) is 25.7 Å². The fourth-order valence-corrected chi connectivity index (χ4v) is 13.8. The largest absolute Gasteiger partial charge is 0.472 e. The van der Waals surface area contributed by atoms with Crippen molar-refractivity contribution >= 4 is 39.5 Å². The molecule has 0 aromatic carbocycles. The second-order valence-corrected chi connectivity index (χ2v) is 31.8. The van der Waals surface area contributed by atoms with E-state index in [0.29, 0.717) is 25.7 Å². The number of hydrogen-bond donors (Lipinski definition) is 3. The fourth-order valence-electron chi connectivity index (χ4n) is 12.2. The van der Waals surface area contributed by atoms with Gasteiger partial charge in [-0.1, -0.05) is 369 Å². The van der Waals surface area contributed by atoms with Crippen molar-refractivity contribution in [1.29, 1.82) is 0 Å². The minimum Gasteiger partial charge on any atom is -0.462 e. The average Bonchev–Trinajstić information content (AvgIpc) is 1.10. The van der Waals surface area contributed by atoms with Gasteiger partial charge in [-0.15, -0.1) is 0 Å². The average molecular weight is 1440 g/mol. The van der Waals surface area contributed by atoms with Gasteiger partial charge >= 0.3 is 39.5 Å². The van der Waals surface area contributed by atoms with Gasteiger partial charge in [-0.05, 0) is 31.6 Å². The smallest absolute Gasteiger partial charge is 0.462 e. The van der Waals surface area contributed by atoms with E-state index < -0.39 is 97.5 Å². The number of carbonyl (C=O) groups excluding carboxylic acids is 4. The highest BCUT2D eigenvalue weighted by Crippen LogP contribution is 2.45. The zero-order valence-corrected chi connectivity index (χ0v) is 65.7. The Balaban J connectivity index is 5.25. The molecule has 0 spiro atoms. The highest BCUT2D eigenvalue weighted by Gasteiger charge is 2.30. The molecule has 0 aliphatic heterocycles. The molecule has 3 N–H and O–H groups in total. The summed E-state index contributed by atoms with van der Waals surface area (Å²) in [4.78, 5) is 73.0. The van der Waals surface area contributed by atoms with Crippen LogP contribution in [-0.2, 0) is 65.4 Å². The lowest BCUT2D eigenvalue weighted by Gasteiger charge is -2.21. The van der Waals surface area contributed by atoms with Crippen molar-refractivity contribution in [2.45, 2.75) is 438 Å². The van der Waals surface area contributed by atoms with E-state index >= 15 is 0 Å². The highest BCUT2D eigenvalue weighted by molar-refractivity contribution is 7.47. The molecule has 0 aromatic rings. The molecule has 0 heterocycles. The lowest BCUT2D eigenvalue weighted by atomic mass is 10.0. The molecule has 0 aliphatic carbocycles. The van der Waals surface area contributed by atoms with Crippen molar-refractivity contribution in [3.63, 3.8) is 0 Å². The Labute approximate surface area is 600 Å². The lowest BCUT2D eigenvalue weighted by Crippen LogP contribution is -2.30. The maximum absolute atomic E-state index is 13.1. The molecule has 582 valence electrons. The summed E-state index contributed by atoms with van der Waals surface area (Å²) in [7, 11) is -9.91. The molecule has 2 unspecified atom stereocenters. The van der Waals surface area contributed by atoms with Gasteiger partial charge in [0.05, 0.1) is 26.4 Å². The number of esters is 4. The second-order valence-electron chi connectivity index (χ2n) is 28.9. The first-order chi connectivity index (χ1) is 47.5. The van der Waals surface area contributed by atoms with Crippen molar-refractivity contribution < 1.29 is 80.2 Å². The SMILES string of the molecule is CCCCCCCCCCCCCCCCCCCCC(=O)O[C@H](COC(=O)CCCCCCCCCCCCCCCC(C)C)COP(=O)(O)OC[C@@H](O)COP(=O)(O)OC[C@@H](COC(=O)CCCCCCCCCCCCCC)OC(=O)CCCCCCCCCCCCCC. The van der Waals surface area contributed by atoms with Crippen LogP contribution < -0.4 is 0 Å². The monoisotopic (exact) mass is 1440 g/mol. The van der Waals surface area contributed by atoms with E-state index in [1.165, 1.54) is 244 Å². The number of phosphoric ester groups is 2. The lowest BCUT2D eigenvalue weighted by molar-refractivity contribution is -0.161. The minimum atomic E-state index is -4.96. The van der Waals surface area contributed by atoms with Crippen molar-refractivity contribution in [2.75, 3.05) is 39.6 Å². The van der Waals surface area contributed by atoms with Crippen molar-refractivity contribution in [3.8, 4) is 0 Å². The van der Waals surface area contributed by atoms with Gasteiger partial charge in [0.2, 0.25) is 0 Å². The van der Waals surface area contributed by atoms with Gasteiger partial charge in [-0.3, -0.25) is 37.3 Å². The summed E-state index contributed by atoms with van der Waals surface area (Å²) >= 11 is 0. The van der Waals surface area contributed by atoms with Crippen molar-refractivity contribution in [2.24, 2.45) is 5.92 Å². The van der Waals surface area contributed by atoms with Gasteiger partial charge < -0.3 is 33.8 Å². The molecule has 98 heavy (non-hydrogen) atoms. The Hall–Kier alpha value is -1.94. The normalized spacial score (nSPS) is 13.9. The molecule has 19 heteroatoms. The number of aliphatic hydroxyl groups excluding tert-OH is 1. The van der Waals surface area contributed by atoms with Gasteiger partial charge in [0.15, 0.2) is 12.2 Å². The maximum atomic E-state index is 13.1. The summed E-state index contributed by atoms with van der Waals surface area (Å²) < 4.78 is 68.7. The number of hydrogen-bond acceptors (Lipinski definition) is 15. The van der Waals surface area contributed by atoms with Gasteiger partial charge in [0.25, 0.3) is 0 Å². The first-order valence-electron chi connectivity index (χ1n) is 41.1. The first kappa shape index (κ1) is 96.1. The topological polar surface area (TPSA) is 237 Å². The zero-order chi connectivity index (χ0) is 71.9. The third-order valence-corrected chi connectivity index (χ3v) is 20.4. The number of carbonyl (C=O) groups is 4. The van der Waals surface area contributed by atoms with E-state index in [-0.39, 0.29) is 25.7 Å². The Morgan fingerprint density at radius 3 is 0.694 bits per heavy atom. The summed E-state index contributed by atoms with van der Waals surface area (Å²) in [5, 5.41) is 10.6. The molecule has 0 aliphatic rings. The number of phosphoric acid groups is 2. The van der Waals surface area contributed by atoms with Gasteiger partial charge in [0.1, 0.15) is 19.3 Å². The molecule has 0 radical (unpaired) electrons. The van der Waals surface area contributed by atoms with E-state index in [4.69, 9.17) is 37.0 Å². The van der Waals surface area contributed by atoms with Gasteiger partial charge in [-0.25, -0.2) is 9.13 Å². The molecule has 0 fully saturated rings. The van der Waals surface area contributed by atoms with Gasteiger partial charge in [-0.2, -0.15) is 0 Å². The van der Waals surface area contributed by atoms with E-state index in [0.717, 1.165) is 95.8 Å². The molecule has 0 bridgehead atoms. The number of aliphatic hydroxyl groups is 1. The molecular weight excluding hydrogens is 1280 g/mol. The summed E-state index contributed by atoms with van der Waals surface area (Å²) in [6.45, 7) is 7.34. The fraction of sp³-hybridized carbons (Fsp3) is 0.949. The maximum Gasteiger partial charge on any atom is 0.472 e. The van der Waals surface area contributed by atoms with E-state index in [1.54, 1.807) is 0 Å². The summed E-state index contributed by atoms with van der Waals surface area (Å²) in [5.41, 5.74) is 0. The van der Waals surface area contributed by atoms with Crippen LogP contribution in [0, 0.1) is 5.92 Å². The van der Waals surface area contributed by atoms with Crippen LogP contribution in [0.3, 0.4) is 0 Å². The van der Waals surface area contributed by atoms with Crippen LogP contribution in [0.1, 0.15) is 420 Å². The van der Waals surface area contributed by atoms with Crippen LogP contribution in [0.2, 0.25) is 0 Å². The number of rotatable bonds is 79. The molecule has 0 rings (SSSR count). The van der Waals surface area contributed by atoms with Crippen LogP contribution >= 0.6 is 15.6 Å². The van der Waals surface area contributed by atoms with Crippen LogP contribution in [0.15, 0.2) is 0 Å². The third-order valence-electron chi connectivity index (χ3n) is 18.5.